The molecule has 0 bridgehead atoms. The number of carbonyl (C=O) groups is 2. The Labute approximate surface area is 101 Å². The molecule has 0 aromatic carbocycles. The number of ether oxygens (including phenoxy) is 1. The van der Waals surface area contributed by atoms with Gasteiger partial charge in [0, 0.05) is 13.2 Å². The number of hydrogen-bond donors (Lipinski definition) is 1. The second-order valence-corrected chi connectivity index (χ2v) is 4.81. The lowest BCUT2D eigenvalue weighted by molar-refractivity contribution is -0.145. The van der Waals surface area contributed by atoms with E-state index < -0.39 is 0 Å². The Morgan fingerprint density at radius 2 is 2.18 bits per heavy atom. The van der Waals surface area contributed by atoms with Gasteiger partial charge in [0.05, 0.1) is 13.2 Å². The third kappa shape index (κ3) is 3.43. The van der Waals surface area contributed by atoms with E-state index in [4.69, 9.17) is 4.74 Å². The first-order valence-corrected chi connectivity index (χ1v) is 6.36. The van der Waals surface area contributed by atoms with Crippen molar-refractivity contribution in [3.05, 3.63) is 0 Å². The standard InChI is InChI=1S/C12H20N2O3/c1-2-10-12(16)14(7-11(15)13-10)5-6-17-8-9-3-4-9/h9-10H,2-8H2,1H3,(H,13,15). The molecule has 1 aliphatic heterocycles. The first-order chi connectivity index (χ1) is 8.20. The van der Waals surface area contributed by atoms with E-state index in [1.807, 2.05) is 6.92 Å². The molecule has 1 unspecified atom stereocenters. The molecule has 1 aliphatic carbocycles. The maximum Gasteiger partial charge on any atom is 0.245 e. The van der Waals surface area contributed by atoms with Crippen molar-refractivity contribution in [3.8, 4) is 0 Å². The largest absolute Gasteiger partial charge is 0.379 e. The fourth-order valence-corrected chi connectivity index (χ4v) is 1.95. The van der Waals surface area contributed by atoms with Crippen LogP contribution in [0.2, 0.25) is 0 Å². The number of nitrogens with one attached hydrogen (secondary N) is 1. The van der Waals surface area contributed by atoms with Crippen molar-refractivity contribution in [2.75, 3.05) is 26.3 Å². The fraction of sp³-hybridized carbons (Fsp3) is 0.833. The molecule has 2 rings (SSSR count). The Balaban J connectivity index is 1.72. The summed E-state index contributed by atoms with van der Waals surface area (Å²) >= 11 is 0. The van der Waals surface area contributed by atoms with E-state index in [0.717, 1.165) is 12.5 Å². The Morgan fingerprint density at radius 3 is 2.82 bits per heavy atom. The summed E-state index contributed by atoms with van der Waals surface area (Å²) in [6.45, 7) is 3.92. The van der Waals surface area contributed by atoms with Crippen molar-refractivity contribution in [1.82, 2.24) is 10.2 Å². The average Bonchev–Trinajstić information content (AvgIpc) is 3.12. The van der Waals surface area contributed by atoms with E-state index in [1.54, 1.807) is 4.90 Å². The predicted molar refractivity (Wildman–Crippen MR) is 62.3 cm³/mol. The minimum Gasteiger partial charge on any atom is -0.379 e. The zero-order chi connectivity index (χ0) is 12.3. The van der Waals surface area contributed by atoms with E-state index in [1.165, 1.54) is 12.8 Å². The van der Waals surface area contributed by atoms with Crippen molar-refractivity contribution in [2.24, 2.45) is 5.92 Å². The topological polar surface area (TPSA) is 58.6 Å². The number of piperazine rings is 1. The van der Waals surface area contributed by atoms with Crippen LogP contribution >= 0.6 is 0 Å². The molecule has 0 spiro atoms. The third-order valence-corrected chi connectivity index (χ3v) is 3.24. The van der Waals surface area contributed by atoms with Crippen LogP contribution in [0, 0.1) is 5.92 Å². The van der Waals surface area contributed by atoms with Gasteiger partial charge in [-0.2, -0.15) is 0 Å². The van der Waals surface area contributed by atoms with E-state index in [0.29, 0.717) is 19.6 Å². The number of rotatable bonds is 6. The molecule has 2 amide bonds. The monoisotopic (exact) mass is 240 g/mol. The van der Waals surface area contributed by atoms with Gasteiger partial charge in [0.1, 0.15) is 6.04 Å². The summed E-state index contributed by atoms with van der Waals surface area (Å²) in [5.41, 5.74) is 0. The van der Waals surface area contributed by atoms with Crippen molar-refractivity contribution in [1.29, 1.82) is 0 Å². The molecule has 0 aromatic rings. The molecule has 5 heteroatoms. The molecule has 5 nitrogen and oxygen atoms in total. The summed E-state index contributed by atoms with van der Waals surface area (Å²) in [5.74, 6) is 0.680. The lowest BCUT2D eigenvalue weighted by Crippen LogP contribution is -2.58. The predicted octanol–water partition coefficient (Wildman–Crippen LogP) is 0.150. The molecule has 1 N–H and O–H groups in total. The van der Waals surface area contributed by atoms with Gasteiger partial charge in [-0.3, -0.25) is 9.59 Å². The number of amides is 2. The molecular weight excluding hydrogens is 220 g/mol. The lowest BCUT2D eigenvalue weighted by atomic mass is 10.1. The summed E-state index contributed by atoms with van der Waals surface area (Å²) in [4.78, 5) is 24.9. The van der Waals surface area contributed by atoms with Gasteiger partial charge in [-0.15, -0.1) is 0 Å². The van der Waals surface area contributed by atoms with Crippen LogP contribution < -0.4 is 5.32 Å². The molecule has 0 radical (unpaired) electrons. The van der Waals surface area contributed by atoms with Gasteiger partial charge >= 0.3 is 0 Å². The number of carbonyl (C=O) groups excluding carboxylic acids is 2. The Bertz CT molecular complexity index is 302. The zero-order valence-electron chi connectivity index (χ0n) is 10.3. The van der Waals surface area contributed by atoms with Gasteiger partial charge in [-0.05, 0) is 25.2 Å². The highest BCUT2D eigenvalue weighted by atomic mass is 16.5. The van der Waals surface area contributed by atoms with Crippen LogP contribution in [0.5, 0.6) is 0 Å². The maximum absolute atomic E-state index is 11.9. The summed E-state index contributed by atoms with van der Waals surface area (Å²) in [6, 6.07) is -0.348. The molecule has 2 aliphatic rings. The van der Waals surface area contributed by atoms with Gasteiger partial charge < -0.3 is 15.0 Å². The second-order valence-electron chi connectivity index (χ2n) is 4.81. The molecule has 1 saturated carbocycles. The van der Waals surface area contributed by atoms with Crippen LogP contribution in [-0.4, -0.2) is 49.1 Å². The zero-order valence-corrected chi connectivity index (χ0v) is 10.3. The smallest absolute Gasteiger partial charge is 0.245 e. The van der Waals surface area contributed by atoms with Gasteiger partial charge in [0.25, 0.3) is 0 Å². The molecule has 1 saturated heterocycles. The summed E-state index contributed by atoms with van der Waals surface area (Å²) in [6.07, 6.45) is 3.18. The molecule has 0 aromatic heterocycles. The number of hydrogen-bond acceptors (Lipinski definition) is 3. The summed E-state index contributed by atoms with van der Waals surface area (Å²) < 4.78 is 5.49. The molecule has 96 valence electrons. The summed E-state index contributed by atoms with van der Waals surface area (Å²) in [5, 5.41) is 2.69. The van der Waals surface area contributed by atoms with Crippen LogP contribution in [0.1, 0.15) is 26.2 Å². The third-order valence-electron chi connectivity index (χ3n) is 3.24. The van der Waals surface area contributed by atoms with Crippen LogP contribution in [-0.2, 0) is 14.3 Å². The van der Waals surface area contributed by atoms with Gasteiger partial charge in [-0.1, -0.05) is 6.92 Å². The normalized spacial score (nSPS) is 25.0. The quantitative estimate of drug-likeness (QED) is 0.672. The van der Waals surface area contributed by atoms with E-state index >= 15 is 0 Å². The van der Waals surface area contributed by atoms with Crippen molar-refractivity contribution in [3.63, 3.8) is 0 Å². The van der Waals surface area contributed by atoms with Crippen LogP contribution in [0.15, 0.2) is 0 Å². The van der Waals surface area contributed by atoms with Crippen LogP contribution in [0.25, 0.3) is 0 Å². The van der Waals surface area contributed by atoms with Gasteiger partial charge in [0.2, 0.25) is 11.8 Å². The van der Waals surface area contributed by atoms with Gasteiger partial charge in [0.15, 0.2) is 0 Å². The Morgan fingerprint density at radius 1 is 1.41 bits per heavy atom. The molecule has 2 fully saturated rings. The van der Waals surface area contributed by atoms with Crippen LogP contribution in [0.4, 0.5) is 0 Å². The average molecular weight is 240 g/mol. The summed E-state index contributed by atoms with van der Waals surface area (Å²) in [7, 11) is 0. The highest BCUT2D eigenvalue weighted by Gasteiger charge is 2.31. The fourth-order valence-electron chi connectivity index (χ4n) is 1.95. The minimum atomic E-state index is -0.348. The second kappa shape index (κ2) is 5.49. The highest BCUT2D eigenvalue weighted by Crippen LogP contribution is 2.28. The van der Waals surface area contributed by atoms with Crippen LogP contribution in [0.3, 0.4) is 0 Å². The maximum atomic E-state index is 11.9. The van der Waals surface area contributed by atoms with E-state index in [-0.39, 0.29) is 24.4 Å². The van der Waals surface area contributed by atoms with Crippen molar-refractivity contribution < 1.29 is 14.3 Å². The van der Waals surface area contributed by atoms with E-state index in [2.05, 4.69) is 5.32 Å². The Kier molecular flexibility index (Phi) is 3.99. The highest BCUT2D eigenvalue weighted by molar-refractivity contribution is 5.94. The SMILES string of the molecule is CCC1NC(=O)CN(CCOCC2CC2)C1=O. The number of nitrogens with zero attached hydrogens (tertiary/aromatic N) is 1. The van der Waals surface area contributed by atoms with Gasteiger partial charge in [-0.25, -0.2) is 0 Å². The lowest BCUT2D eigenvalue weighted by Gasteiger charge is -2.31. The molecule has 17 heavy (non-hydrogen) atoms. The van der Waals surface area contributed by atoms with Crippen molar-refractivity contribution in [2.45, 2.75) is 32.2 Å². The minimum absolute atomic E-state index is 0.0159. The first kappa shape index (κ1) is 12.4. The molecular formula is C12H20N2O3. The Hall–Kier alpha value is -1.10. The molecule has 1 heterocycles. The van der Waals surface area contributed by atoms with Crippen molar-refractivity contribution >= 4 is 11.8 Å². The van der Waals surface area contributed by atoms with E-state index in [9.17, 15) is 9.59 Å². The first-order valence-electron chi connectivity index (χ1n) is 6.36. The molecule has 1 atom stereocenters.